The van der Waals surface area contributed by atoms with Crippen molar-refractivity contribution >= 4 is 5.69 Å². The molecular formula is C9H15N3. The highest BCUT2D eigenvalue weighted by atomic mass is 14.9. The third-order valence-corrected chi connectivity index (χ3v) is 1.89. The minimum Gasteiger partial charge on any atom is -0.396 e. The van der Waals surface area contributed by atoms with Crippen LogP contribution in [0.2, 0.25) is 0 Å². The highest BCUT2D eigenvalue weighted by Crippen LogP contribution is 2.14. The van der Waals surface area contributed by atoms with Crippen molar-refractivity contribution in [3.63, 3.8) is 0 Å². The van der Waals surface area contributed by atoms with Gasteiger partial charge in [-0.15, -0.1) is 0 Å². The van der Waals surface area contributed by atoms with Gasteiger partial charge in [-0.1, -0.05) is 13.8 Å². The lowest BCUT2D eigenvalue weighted by atomic mass is 10.2. The van der Waals surface area contributed by atoms with Crippen molar-refractivity contribution in [1.29, 1.82) is 0 Å². The quantitative estimate of drug-likeness (QED) is 0.722. The Bertz CT molecular complexity index is 256. The van der Waals surface area contributed by atoms with Gasteiger partial charge < -0.3 is 5.73 Å². The largest absolute Gasteiger partial charge is 0.396 e. The maximum atomic E-state index is 5.85. The SMILES string of the molecule is CCc1nc(C)nc(CC)c1N. The Hall–Kier alpha value is -1.12. The van der Waals surface area contributed by atoms with E-state index < -0.39 is 0 Å². The van der Waals surface area contributed by atoms with Gasteiger partial charge in [0.15, 0.2) is 0 Å². The molecule has 0 bridgehead atoms. The number of anilines is 1. The molecule has 0 aliphatic heterocycles. The summed E-state index contributed by atoms with van der Waals surface area (Å²) >= 11 is 0. The fourth-order valence-corrected chi connectivity index (χ4v) is 1.24. The summed E-state index contributed by atoms with van der Waals surface area (Å²) in [4.78, 5) is 8.53. The van der Waals surface area contributed by atoms with Crippen LogP contribution in [-0.4, -0.2) is 9.97 Å². The van der Waals surface area contributed by atoms with Crippen LogP contribution in [0.3, 0.4) is 0 Å². The molecule has 0 atom stereocenters. The molecule has 0 aliphatic carbocycles. The Balaban J connectivity index is 3.22. The second-order valence-electron chi connectivity index (χ2n) is 2.78. The minimum absolute atomic E-state index is 0.769. The van der Waals surface area contributed by atoms with Crippen LogP contribution in [0.1, 0.15) is 31.1 Å². The van der Waals surface area contributed by atoms with Gasteiger partial charge >= 0.3 is 0 Å². The van der Waals surface area contributed by atoms with Crippen LogP contribution in [0, 0.1) is 6.92 Å². The van der Waals surface area contributed by atoms with E-state index in [0.717, 1.165) is 35.7 Å². The molecule has 3 nitrogen and oxygen atoms in total. The standard InChI is InChI=1S/C9H15N3/c1-4-7-9(10)8(5-2)12-6(3)11-7/h4-5,10H2,1-3H3. The molecule has 0 radical (unpaired) electrons. The van der Waals surface area contributed by atoms with Gasteiger partial charge in [-0.3, -0.25) is 0 Å². The average Bonchev–Trinajstić information content (AvgIpc) is 2.08. The monoisotopic (exact) mass is 165 g/mol. The van der Waals surface area contributed by atoms with Crippen LogP contribution < -0.4 is 5.73 Å². The van der Waals surface area contributed by atoms with Gasteiger partial charge in [0, 0.05) is 0 Å². The summed E-state index contributed by atoms with van der Waals surface area (Å²) < 4.78 is 0. The van der Waals surface area contributed by atoms with E-state index in [1.54, 1.807) is 0 Å². The van der Waals surface area contributed by atoms with Gasteiger partial charge in [0.2, 0.25) is 0 Å². The maximum absolute atomic E-state index is 5.85. The summed E-state index contributed by atoms with van der Waals surface area (Å²) in [5, 5.41) is 0. The van der Waals surface area contributed by atoms with E-state index in [1.807, 2.05) is 6.92 Å². The minimum atomic E-state index is 0.769. The topological polar surface area (TPSA) is 51.8 Å². The van der Waals surface area contributed by atoms with Crippen LogP contribution in [0.25, 0.3) is 0 Å². The number of nitrogens with zero attached hydrogens (tertiary/aromatic N) is 2. The summed E-state index contributed by atoms with van der Waals surface area (Å²) in [5.41, 5.74) is 8.56. The van der Waals surface area contributed by atoms with E-state index in [2.05, 4.69) is 23.8 Å². The molecular weight excluding hydrogens is 150 g/mol. The Labute approximate surface area is 73.0 Å². The highest BCUT2D eigenvalue weighted by molar-refractivity contribution is 5.47. The Morgan fingerprint density at radius 1 is 1.08 bits per heavy atom. The van der Waals surface area contributed by atoms with E-state index in [4.69, 9.17) is 5.73 Å². The molecule has 0 fully saturated rings. The lowest BCUT2D eigenvalue weighted by molar-refractivity contribution is 0.902. The summed E-state index contributed by atoms with van der Waals surface area (Å²) in [5.74, 6) is 0.818. The van der Waals surface area contributed by atoms with Gasteiger partial charge in [-0.05, 0) is 19.8 Å². The Morgan fingerprint density at radius 3 is 1.83 bits per heavy atom. The smallest absolute Gasteiger partial charge is 0.125 e. The molecule has 1 rings (SSSR count). The van der Waals surface area contributed by atoms with Crippen molar-refractivity contribution in [1.82, 2.24) is 9.97 Å². The zero-order valence-electron chi connectivity index (χ0n) is 7.89. The van der Waals surface area contributed by atoms with Crippen molar-refractivity contribution in [3.05, 3.63) is 17.2 Å². The first kappa shape index (κ1) is 8.97. The van der Waals surface area contributed by atoms with E-state index in [-0.39, 0.29) is 0 Å². The van der Waals surface area contributed by atoms with Gasteiger partial charge in [-0.25, -0.2) is 9.97 Å². The number of aryl methyl sites for hydroxylation is 3. The van der Waals surface area contributed by atoms with E-state index >= 15 is 0 Å². The van der Waals surface area contributed by atoms with Crippen molar-refractivity contribution in [2.45, 2.75) is 33.6 Å². The molecule has 0 aliphatic rings. The number of rotatable bonds is 2. The lowest BCUT2D eigenvalue weighted by Gasteiger charge is -2.07. The van der Waals surface area contributed by atoms with Gasteiger partial charge in [0.05, 0.1) is 17.1 Å². The third kappa shape index (κ3) is 1.55. The fraction of sp³-hybridized carbons (Fsp3) is 0.556. The van der Waals surface area contributed by atoms with Crippen molar-refractivity contribution in [2.24, 2.45) is 0 Å². The second kappa shape index (κ2) is 3.52. The molecule has 2 N–H and O–H groups in total. The van der Waals surface area contributed by atoms with Crippen molar-refractivity contribution < 1.29 is 0 Å². The summed E-state index contributed by atoms with van der Waals surface area (Å²) in [6.45, 7) is 6.01. The molecule has 12 heavy (non-hydrogen) atoms. The summed E-state index contributed by atoms with van der Waals surface area (Å²) in [7, 11) is 0. The van der Waals surface area contributed by atoms with Crippen LogP contribution in [0.15, 0.2) is 0 Å². The van der Waals surface area contributed by atoms with Crippen LogP contribution >= 0.6 is 0 Å². The third-order valence-electron chi connectivity index (χ3n) is 1.89. The molecule has 1 aromatic heterocycles. The average molecular weight is 165 g/mol. The van der Waals surface area contributed by atoms with E-state index in [0.29, 0.717) is 0 Å². The molecule has 0 saturated carbocycles. The number of aromatic nitrogens is 2. The first-order valence-electron chi connectivity index (χ1n) is 4.30. The second-order valence-corrected chi connectivity index (χ2v) is 2.78. The number of hydrogen-bond acceptors (Lipinski definition) is 3. The van der Waals surface area contributed by atoms with Gasteiger partial charge in [-0.2, -0.15) is 0 Å². The molecule has 1 aromatic rings. The highest BCUT2D eigenvalue weighted by Gasteiger charge is 2.05. The zero-order chi connectivity index (χ0) is 9.14. The number of nitrogens with two attached hydrogens (primary N) is 1. The molecule has 0 saturated heterocycles. The molecule has 0 amide bonds. The lowest BCUT2D eigenvalue weighted by Crippen LogP contribution is -2.06. The van der Waals surface area contributed by atoms with Crippen LogP contribution in [0.4, 0.5) is 5.69 Å². The van der Waals surface area contributed by atoms with E-state index in [1.165, 1.54) is 0 Å². The fourth-order valence-electron chi connectivity index (χ4n) is 1.24. The van der Waals surface area contributed by atoms with Crippen molar-refractivity contribution in [3.8, 4) is 0 Å². The summed E-state index contributed by atoms with van der Waals surface area (Å²) in [6.07, 6.45) is 1.75. The molecule has 3 heteroatoms. The molecule has 66 valence electrons. The molecule has 0 unspecified atom stereocenters. The first-order chi connectivity index (χ1) is 5.69. The Morgan fingerprint density at radius 2 is 1.50 bits per heavy atom. The predicted octanol–water partition coefficient (Wildman–Crippen LogP) is 1.49. The predicted molar refractivity (Wildman–Crippen MR) is 49.9 cm³/mol. The van der Waals surface area contributed by atoms with Crippen molar-refractivity contribution in [2.75, 3.05) is 5.73 Å². The van der Waals surface area contributed by atoms with Gasteiger partial charge in [0.25, 0.3) is 0 Å². The van der Waals surface area contributed by atoms with Gasteiger partial charge in [0.1, 0.15) is 5.82 Å². The molecule has 1 heterocycles. The maximum Gasteiger partial charge on any atom is 0.125 e. The zero-order valence-corrected chi connectivity index (χ0v) is 7.89. The molecule has 0 spiro atoms. The normalized spacial score (nSPS) is 10.2. The number of hydrogen-bond donors (Lipinski definition) is 1. The van der Waals surface area contributed by atoms with E-state index in [9.17, 15) is 0 Å². The summed E-state index contributed by atoms with van der Waals surface area (Å²) in [6, 6.07) is 0. The van der Waals surface area contributed by atoms with Crippen LogP contribution in [-0.2, 0) is 12.8 Å². The molecule has 0 aromatic carbocycles. The number of nitrogen functional groups attached to an aromatic ring is 1. The van der Waals surface area contributed by atoms with Crippen LogP contribution in [0.5, 0.6) is 0 Å². The Kier molecular flexibility index (Phi) is 2.63. The first-order valence-corrected chi connectivity index (χ1v) is 4.30.